The minimum atomic E-state index is -4.47. The van der Waals surface area contributed by atoms with Gasteiger partial charge in [-0.15, -0.1) is 0 Å². The van der Waals surface area contributed by atoms with E-state index in [-0.39, 0.29) is 11.3 Å². The zero-order valence-electron chi connectivity index (χ0n) is 11.7. The van der Waals surface area contributed by atoms with Gasteiger partial charge in [-0.2, -0.15) is 13.2 Å². The molecule has 0 saturated heterocycles. The summed E-state index contributed by atoms with van der Waals surface area (Å²) in [4.78, 5) is 0. The summed E-state index contributed by atoms with van der Waals surface area (Å²) in [6, 6.07) is 8.37. The molecule has 1 unspecified atom stereocenters. The fourth-order valence-electron chi connectivity index (χ4n) is 2.34. The Balaban J connectivity index is 2.49. The molecule has 2 aromatic carbocycles. The summed E-state index contributed by atoms with van der Waals surface area (Å²) >= 11 is 0. The third-order valence-corrected chi connectivity index (χ3v) is 3.27. The van der Waals surface area contributed by atoms with E-state index in [0.29, 0.717) is 5.56 Å². The van der Waals surface area contributed by atoms with Crippen LogP contribution in [0.1, 0.15) is 33.9 Å². The van der Waals surface area contributed by atoms with E-state index in [0.717, 1.165) is 23.3 Å². The van der Waals surface area contributed by atoms with Gasteiger partial charge in [0.2, 0.25) is 0 Å². The molecule has 0 spiro atoms. The van der Waals surface area contributed by atoms with Gasteiger partial charge in [-0.1, -0.05) is 29.3 Å². The van der Waals surface area contributed by atoms with Crippen LogP contribution in [0.15, 0.2) is 36.4 Å². The van der Waals surface area contributed by atoms with Gasteiger partial charge in [0, 0.05) is 11.3 Å². The maximum Gasteiger partial charge on any atom is 0.416 e. The van der Waals surface area contributed by atoms with Crippen molar-refractivity contribution in [1.82, 2.24) is 0 Å². The van der Waals surface area contributed by atoms with Crippen molar-refractivity contribution in [3.8, 4) is 0 Å². The van der Waals surface area contributed by atoms with Gasteiger partial charge in [0.25, 0.3) is 0 Å². The number of nitrogens with two attached hydrogens (primary N) is 1. The molecule has 5 heteroatoms. The highest BCUT2D eigenvalue weighted by molar-refractivity contribution is 5.53. The van der Waals surface area contributed by atoms with E-state index < -0.39 is 17.8 Å². The Kier molecular flexibility index (Phi) is 3.96. The zero-order chi connectivity index (χ0) is 15.8. The lowest BCUT2D eigenvalue weighted by Gasteiger charge is -2.17. The van der Waals surface area contributed by atoms with E-state index in [1.807, 2.05) is 19.9 Å². The summed E-state index contributed by atoms with van der Waals surface area (Å²) in [5.74, 6) is 0. The molecule has 0 radical (unpaired) electrons. The molecule has 0 aromatic heterocycles. The summed E-state index contributed by atoms with van der Waals surface area (Å²) < 4.78 is 38.3. The molecular formula is C16H16F3NO. The quantitative estimate of drug-likeness (QED) is 0.823. The van der Waals surface area contributed by atoms with Crippen molar-refractivity contribution in [2.24, 2.45) is 0 Å². The molecule has 2 nitrogen and oxygen atoms in total. The summed E-state index contributed by atoms with van der Waals surface area (Å²) in [5.41, 5.74) is 7.47. The van der Waals surface area contributed by atoms with Crippen molar-refractivity contribution in [2.45, 2.75) is 26.1 Å². The predicted molar refractivity (Wildman–Crippen MR) is 75.8 cm³/mol. The molecule has 2 rings (SSSR count). The average Bonchev–Trinajstić information content (AvgIpc) is 2.36. The van der Waals surface area contributed by atoms with Crippen molar-refractivity contribution < 1.29 is 18.3 Å². The highest BCUT2D eigenvalue weighted by atomic mass is 19.4. The van der Waals surface area contributed by atoms with Gasteiger partial charge in [-0.25, -0.2) is 0 Å². The first-order chi connectivity index (χ1) is 9.68. The molecule has 0 saturated carbocycles. The lowest BCUT2D eigenvalue weighted by Crippen LogP contribution is -2.10. The molecule has 21 heavy (non-hydrogen) atoms. The number of hydrogen-bond acceptors (Lipinski definition) is 2. The van der Waals surface area contributed by atoms with Crippen LogP contribution in [-0.2, 0) is 6.18 Å². The summed E-state index contributed by atoms with van der Waals surface area (Å²) in [6.07, 6.45) is -5.66. The van der Waals surface area contributed by atoms with E-state index in [1.54, 1.807) is 12.1 Å². The van der Waals surface area contributed by atoms with E-state index >= 15 is 0 Å². The minimum Gasteiger partial charge on any atom is -0.398 e. The van der Waals surface area contributed by atoms with Crippen LogP contribution in [0.25, 0.3) is 0 Å². The van der Waals surface area contributed by atoms with Gasteiger partial charge < -0.3 is 10.8 Å². The molecule has 0 aliphatic heterocycles. The fraction of sp³-hybridized carbons (Fsp3) is 0.250. The average molecular weight is 295 g/mol. The number of aliphatic hydroxyl groups is 1. The van der Waals surface area contributed by atoms with Crippen LogP contribution < -0.4 is 5.73 Å². The molecular weight excluding hydrogens is 279 g/mol. The molecule has 0 heterocycles. The van der Waals surface area contributed by atoms with Crippen molar-refractivity contribution in [3.05, 3.63) is 64.2 Å². The van der Waals surface area contributed by atoms with E-state index in [4.69, 9.17) is 5.73 Å². The van der Waals surface area contributed by atoms with Gasteiger partial charge in [-0.05, 0) is 37.6 Å². The van der Waals surface area contributed by atoms with Crippen molar-refractivity contribution in [1.29, 1.82) is 0 Å². The number of benzene rings is 2. The number of aryl methyl sites for hydroxylation is 2. The maximum absolute atomic E-state index is 12.8. The molecule has 0 aliphatic carbocycles. The molecule has 2 aromatic rings. The van der Waals surface area contributed by atoms with Crippen LogP contribution in [-0.4, -0.2) is 5.11 Å². The summed E-state index contributed by atoms with van der Waals surface area (Å²) in [7, 11) is 0. The van der Waals surface area contributed by atoms with E-state index in [1.165, 1.54) is 6.07 Å². The molecule has 0 bridgehead atoms. The maximum atomic E-state index is 12.8. The molecule has 0 amide bonds. The molecule has 3 N–H and O–H groups in total. The summed E-state index contributed by atoms with van der Waals surface area (Å²) in [6.45, 7) is 3.72. The number of halogens is 3. The Morgan fingerprint density at radius 2 is 1.57 bits per heavy atom. The normalized spacial score (nSPS) is 13.2. The number of rotatable bonds is 2. The van der Waals surface area contributed by atoms with Crippen molar-refractivity contribution >= 4 is 5.69 Å². The fourth-order valence-corrected chi connectivity index (χ4v) is 2.34. The monoisotopic (exact) mass is 295 g/mol. The Bertz CT molecular complexity index is 645. The minimum absolute atomic E-state index is 0.0647. The topological polar surface area (TPSA) is 46.2 Å². The first-order valence-corrected chi connectivity index (χ1v) is 6.41. The van der Waals surface area contributed by atoms with Gasteiger partial charge in [-0.3, -0.25) is 0 Å². The van der Waals surface area contributed by atoms with Gasteiger partial charge in [0.1, 0.15) is 6.10 Å². The molecule has 112 valence electrons. The van der Waals surface area contributed by atoms with Crippen LogP contribution in [0.4, 0.5) is 18.9 Å². The zero-order valence-corrected chi connectivity index (χ0v) is 11.7. The Morgan fingerprint density at radius 1 is 1.00 bits per heavy atom. The number of alkyl halides is 3. The Hall–Kier alpha value is -2.01. The van der Waals surface area contributed by atoms with E-state index in [2.05, 4.69) is 0 Å². The lowest BCUT2D eigenvalue weighted by atomic mass is 9.95. The first-order valence-electron chi connectivity index (χ1n) is 6.41. The molecule has 0 aliphatic rings. The number of aliphatic hydroxyl groups excluding tert-OH is 1. The smallest absolute Gasteiger partial charge is 0.398 e. The Morgan fingerprint density at radius 3 is 2.10 bits per heavy atom. The number of hydrogen-bond donors (Lipinski definition) is 2. The largest absolute Gasteiger partial charge is 0.416 e. The first kappa shape index (κ1) is 15.4. The molecule has 0 fully saturated rings. The second kappa shape index (κ2) is 5.41. The SMILES string of the molecule is Cc1cc(C)cc(C(O)c2cc(C(F)(F)F)ccc2N)c1. The van der Waals surface area contributed by atoms with Gasteiger partial charge >= 0.3 is 6.18 Å². The highest BCUT2D eigenvalue weighted by Gasteiger charge is 2.31. The van der Waals surface area contributed by atoms with Crippen LogP contribution in [0.3, 0.4) is 0 Å². The van der Waals surface area contributed by atoms with Crippen LogP contribution in [0.2, 0.25) is 0 Å². The van der Waals surface area contributed by atoms with Crippen molar-refractivity contribution in [2.75, 3.05) is 5.73 Å². The lowest BCUT2D eigenvalue weighted by molar-refractivity contribution is -0.137. The highest BCUT2D eigenvalue weighted by Crippen LogP contribution is 2.35. The van der Waals surface area contributed by atoms with Crippen LogP contribution in [0.5, 0.6) is 0 Å². The van der Waals surface area contributed by atoms with E-state index in [9.17, 15) is 18.3 Å². The van der Waals surface area contributed by atoms with Crippen LogP contribution in [0, 0.1) is 13.8 Å². The standard InChI is InChI=1S/C16H16F3NO/c1-9-5-10(2)7-11(6-9)15(21)13-8-12(16(17,18)19)3-4-14(13)20/h3-8,15,21H,20H2,1-2H3. The van der Waals surface area contributed by atoms with Gasteiger partial charge in [0.15, 0.2) is 0 Å². The number of anilines is 1. The summed E-state index contributed by atoms with van der Waals surface area (Å²) in [5, 5.41) is 10.4. The van der Waals surface area contributed by atoms with Crippen LogP contribution >= 0.6 is 0 Å². The van der Waals surface area contributed by atoms with Gasteiger partial charge in [0.05, 0.1) is 5.56 Å². The Labute approximate surface area is 121 Å². The third kappa shape index (κ3) is 3.36. The third-order valence-electron chi connectivity index (χ3n) is 3.27. The van der Waals surface area contributed by atoms with Crippen molar-refractivity contribution in [3.63, 3.8) is 0 Å². The number of nitrogen functional groups attached to an aromatic ring is 1. The predicted octanol–water partition coefficient (Wildman–Crippen LogP) is 3.99. The second-order valence-electron chi connectivity index (χ2n) is 5.17. The second-order valence-corrected chi connectivity index (χ2v) is 5.17. The molecule has 1 atom stereocenters.